The van der Waals surface area contributed by atoms with Gasteiger partial charge in [-0.05, 0) is 34.1 Å². The van der Waals surface area contributed by atoms with Gasteiger partial charge in [0.1, 0.15) is 11.7 Å². The van der Waals surface area contributed by atoms with E-state index in [4.69, 9.17) is 14.2 Å². The predicted molar refractivity (Wildman–Crippen MR) is 80.9 cm³/mol. The molecule has 1 unspecified atom stereocenters. The number of rotatable bonds is 9. The Morgan fingerprint density at radius 2 is 1.86 bits per heavy atom. The van der Waals surface area contributed by atoms with Gasteiger partial charge in [0.2, 0.25) is 0 Å². The summed E-state index contributed by atoms with van der Waals surface area (Å²) in [6.45, 7) is 13.7. The fourth-order valence-electron chi connectivity index (χ4n) is 1.39. The summed E-state index contributed by atoms with van der Waals surface area (Å²) in [5.74, 6) is -1.08. The molecule has 0 saturated carbocycles. The molecule has 5 nitrogen and oxygen atoms in total. The van der Waals surface area contributed by atoms with Crippen LogP contribution >= 0.6 is 0 Å². The number of esters is 2. The highest BCUT2D eigenvalue weighted by molar-refractivity contribution is 5.93. The Bertz CT molecular complexity index is 354. The van der Waals surface area contributed by atoms with Gasteiger partial charge in [-0.1, -0.05) is 19.9 Å². The van der Waals surface area contributed by atoms with E-state index in [1.54, 1.807) is 27.7 Å². The summed E-state index contributed by atoms with van der Waals surface area (Å²) in [6.07, 6.45) is 1.52. The van der Waals surface area contributed by atoms with Gasteiger partial charge in [0.05, 0.1) is 13.0 Å². The van der Waals surface area contributed by atoms with Crippen LogP contribution in [0, 0.1) is 0 Å². The molecule has 0 aliphatic carbocycles. The molecule has 0 heterocycles. The molecule has 0 amide bonds. The van der Waals surface area contributed by atoms with Crippen molar-refractivity contribution in [3.63, 3.8) is 0 Å². The lowest BCUT2D eigenvalue weighted by Crippen LogP contribution is -2.26. The fourth-order valence-corrected chi connectivity index (χ4v) is 1.39. The number of hydrogen-bond donors (Lipinski definition) is 0. The lowest BCUT2D eigenvalue weighted by atomic mass is 10.1. The molecule has 0 rings (SSSR count). The molecule has 0 aliphatic heterocycles. The van der Waals surface area contributed by atoms with Crippen LogP contribution in [0.5, 0.6) is 0 Å². The third-order valence-corrected chi connectivity index (χ3v) is 2.37. The van der Waals surface area contributed by atoms with Crippen molar-refractivity contribution in [2.75, 3.05) is 13.2 Å². The van der Waals surface area contributed by atoms with E-state index in [-0.39, 0.29) is 18.1 Å². The van der Waals surface area contributed by atoms with Gasteiger partial charge < -0.3 is 14.2 Å². The Morgan fingerprint density at radius 1 is 1.24 bits per heavy atom. The normalized spacial score (nSPS) is 12.6. The summed E-state index contributed by atoms with van der Waals surface area (Å²) >= 11 is 0. The van der Waals surface area contributed by atoms with Crippen LogP contribution in [-0.4, -0.2) is 36.9 Å². The first-order chi connectivity index (χ1) is 9.65. The van der Waals surface area contributed by atoms with E-state index in [9.17, 15) is 9.59 Å². The summed E-state index contributed by atoms with van der Waals surface area (Å²) in [7, 11) is 0. The lowest BCUT2D eigenvalue weighted by Gasteiger charge is -2.20. The maximum Gasteiger partial charge on any atom is 0.334 e. The van der Waals surface area contributed by atoms with Crippen LogP contribution < -0.4 is 0 Å². The van der Waals surface area contributed by atoms with Crippen molar-refractivity contribution in [3.8, 4) is 0 Å². The molecule has 0 aromatic rings. The lowest BCUT2D eigenvalue weighted by molar-refractivity contribution is -0.155. The number of carbonyl (C=O) groups excluding carboxylic acids is 2. The fraction of sp³-hybridized carbons (Fsp3) is 0.750. The number of carbonyl (C=O) groups is 2. The molecule has 0 N–H and O–H groups in total. The van der Waals surface area contributed by atoms with Gasteiger partial charge in [-0.3, -0.25) is 4.79 Å². The van der Waals surface area contributed by atoms with Crippen molar-refractivity contribution >= 4 is 11.9 Å². The minimum atomic E-state index is -0.607. The average molecular weight is 300 g/mol. The molecule has 5 heteroatoms. The van der Waals surface area contributed by atoms with Gasteiger partial charge in [-0.15, -0.1) is 0 Å². The zero-order valence-corrected chi connectivity index (χ0v) is 13.9. The summed E-state index contributed by atoms with van der Waals surface area (Å²) < 4.78 is 15.6. The maximum absolute atomic E-state index is 11.7. The molecule has 0 aromatic carbocycles. The maximum atomic E-state index is 11.7. The quantitative estimate of drug-likeness (QED) is 0.372. The van der Waals surface area contributed by atoms with E-state index in [1.807, 2.05) is 0 Å². The van der Waals surface area contributed by atoms with Gasteiger partial charge >= 0.3 is 11.9 Å². The molecule has 0 saturated heterocycles. The molecule has 1 atom stereocenters. The SMILES string of the molecule is C=C(CC(=O)OC(C)COCCCC)C(=O)OC(C)(C)C. The first-order valence-corrected chi connectivity index (χ1v) is 7.34. The second-order valence-corrected chi connectivity index (χ2v) is 6.01. The Kier molecular flexibility index (Phi) is 8.93. The average Bonchev–Trinajstić information content (AvgIpc) is 2.32. The van der Waals surface area contributed by atoms with Crippen LogP contribution in [0.25, 0.3) is 0 Å². The van der Waals surface area contributed by atoms with Gasteiger partial charge in [0.15, 0.2) is 0 Å². The number of hydrogen-bond acceptors (Lipinski definition) is 5. The van der Waals surface area contributed by atoms with E-state index >= 15 is 0 Å². The summed E-state index contributed by atoms with van der Waals surface area (Å²) in [6, 6.07) is 0. The van der Waals surface area contributed by atoms with Crippen LogP contribution in [0.15, 0.2) is 12.2 Å². The van der Waals surface area contributed by atoms with Crippen molar-refractivity contribution in [2.45, 2.75) is 65.6 Å². The van der Waals surface area contributed by atoms with Gasteiger partial charge in [0, 0.05) is 12.2 Å². The Labute approximate surface area is 127 Å². The van der Waals surface area contributed by atoms with E-state index in [1.165, 1.54) is 0 Å². The summed E-state index contributed by atoms with van der Waals surface area (Å²) in [5, 5.41) is 0. The van der Waals surface area contributed by atoms with Gasteiger partial charge in [0.25, 0.3) is 0 Å². The monoisotopic (exact) mass is 300 g/mol. The molecule has 122 valence electrons. The van der Waals surface area contributed by atoms with Crippen molar-refractivity contribution in [3.05, 3.63) is 12.2 Å². The van der Waals surface area contributed by atoms with E-state index in [0.717, 1.165) is 12.8 Å². The van der Waals surface area contributed by atoms with E-state index < -0.39 is 17.5 Å². The largest absolute Gasteiger partial charge is 0.460 e. The smallest absolute Gasteiger partial charge is 0.334 e. The Balaban J connectivity index is 4.02. The highest BCUT2D eigenvalue weighted by atomic mass is 16.6. The van der Waals surface area contributed by atoms with Crippen molar-refractivity contribution < 1.29 is 23.8 Å². The van der Waals surface area contributed by atoms with Gasteiger partial charge in [-0.25, -0.2) is 4.79 Å². The van der Waals surface area contributed by atoms with Crippen LogP contribution in [0.3, 0.4) is 0 Å². The molecule has 0 spiro atoms. The summed E-state index contributed by atoms with van der Waals surface area (Å²) in [5.41, 5.74) is -0.515. The van der Waals surface area contributed by atoms with Crippen LogP contribution in [0.4, 0.5) is 0 Å². The molecule has 0 aliphatic rings. The molecule has 0 fully saturated rings. The predicted octanol–water partition coefficient (Wildman–Crippen LogP) is 3.02. The second kappa shape index (κ2) is 9.55. The molecule has 0 aromatic heterocycles. The molecule has 0 bridgehead atoms. The molecule has 21 heavy (non-hydrogen) atoms. The van der Waals surface area contributed by atoms with Crippen LogP contribution in [0.2, 0.25) is 0 Å². The van der Waals surface area contributed by atoms with E-state index in [0.29, 0.717) is 13.2 Å². The minimum absolute atomic E-state index is 0.0917. The zero-order chi connectivity index (χ0) is 16.5. The molecule has 0 radical (unpaired) electrons. The Hall–Kier alpha value is -1.36. The molecular formula is C16H28O5. The van der Waals surface area contributed by atoms with Crippen LogP contribution in [0.1, 0.15) is 53.9 Å². The first kappa shape index (κ1) is 19.6. The zero-order valence-electron chi connectivity index (χ0n) is 13.9. The van der Waals surface area contributed by atoms with Crippen LogP contribution in [-0.2, 0) is 23.8 Å². The number of ether oxygens (including phenoxy) is 3. The first-order valence-electron chi connectivity index (χ1n) is 7.34. The third kappa shape index (κ3) is 11.0. The summed E-state index contributed by atoms with van der Waals surface area (Å²) in [4.78, 5) is 23.3. The molecular weight excluding hydrogens is 272 g/mol. The highest BCUT2D eigenvalue weighted by Gasteiger charge is 2.21. The van der Waals surface area contributed by atoms with Crippen molar-refractivity contribution in [1.82, 2.24) is 0 Å². The van der Waals surface area contributed by atoms with Crippen molar-refractivity contribution in [2.24, 2.45) is 0 Å². The highest BCUT2D eigenvalue weighted by Crippen LogP contribution is 2.12. The second-order valence-electron chi connectivity index (χ2n) is 6.01. The third-order valence-electron chi connectivity index (χ3n) is 2.37. The van der Waals surface area contributed by atoms with Crippen molar-refractivity contribution in [1.29, 1.82) is 0 Å². The topological polar surface area (TPSA) is 61.8 Å². The Morgan fingerprint density at radius 3 is 2.38 bits per heavy atom. The minimum Gasteiger partial charge on any atom is -0.460 e. The van der Waals surface area contributed by atoms with E-state index in [2.05, 4.69) is 13.5 Å². The standard InChI is InChI=1S/C16H28O5/c1-7-8-9-19-11-13(3)20-14(17)10-12(2)15(18)21-16(4,5)6/h13H,2,7-11H2,1,3-6H3. The number of unbranched alkanes of at least 4 members (excludes halogenated alkanes) is 1. The van der Waals surface area contributed by atoms with Gasteiger partial charge in [-0.2, -0.15) is 0 Å².